The Hall–Kier alpha value is -0.810. The maximum Gasteiger partial charge on any atom is 0.153 e. The smallest absolute Gasteiger partial charge is 0.153 e. The van der Waals surface area contributed by atoms with Crippen LogP contribution in [0, 0.1) is 0 Å². The lowest BCUT2D eigenvalue weighted by Gasteiger charge is -2.08. The van der Waals surface area contributed by atoms with Gasteiger partial charge in [0.05, 0.1) is 6.54 Å². The molecule has 4 N–H and O–H groups in total. The molecule has 0 radical (unpaired) electrons. The van der Waals surface area contributed by atoms with Crippen LogP contribution in [0.3, 0.4) is 0 Å². The molecule has 0 spiro atoms. The second-order valence-corrected chi connectivity index (χ2v) is 3.28. The topological polar surface area (TPSA) is 73.9 Å². The van der Waals surface area contributed by atoms with E-state index in [2.05, 4.69) is 29.5 Å². The Balaban J connectivity index is 3.09. The average molecular weight is 188 g/mol. The molecule has 0 aromatic rings. The van der Waals surface area contributed by atoms with Crippen LogP contribution >= 0.6 is 0 Å². The zero-order valence-electron chi connectivity index (χ0n) is 8.45. The molecule has 5 heteroatoms. The molecule has 0 bridgehead atoms. The maximum atomic E-state index is 8.23. The summed E-state index contributed by atoms with van der Waals surface area (Å²) in [4.78, 5) is 2.16. The van der Waals surface area contributed by atoms with E-state index in [0.29, 0.717) is 6.54 Å². The van der Waals surface area contributed by atoms with Crippen molar-refractivity contribution in [1.29, 1.82) is 0 Å². The molecule has 0 fully saturated rings. The van der Waals surface area contributed by atoms with Gasteiger partial charge in [-0.3, -0.25) is 0 Å². The van der Waals surface area contributed by atoms with E-state index >= 15 is 0 Å². The highest BCUT2D eigenvalue weighted by Gasteiger charge is 1.93. The third kappa shape index (κ3) is 9.10. The number of nitrogens with one attached hydrogen (secondary N) is 1. The summed E-state index contributed by atoms with van der Waals surface area (Å²) >= 11 is 0. The van der Waals surface area contributed by atoms with Gasteiger partial charge in [0.2, 0.25) is 0 Å². The molecule has 0 atom stereocenters. The SMILES string of the molecule is CN(C)CCCCNCC(N)=NO. The fourth-order valence-corrected chi connectivity index (χ4v) is 0.930. The number of hydrogen-bond donors (Lipinski definition) is 3. The molecule has 5 nitrogen and oxygen atoms in total. The van der Waals surface area contributed by atoms with Gasteiger partial charge in [-0.1, -0.05) is 5.16 Å². The van der Waals surface area contributed by atoms with Gasteiger partial charge in [0.15, 0.2) is 5.84 Å². The fourth-order valence-electron chi connectivity index (χ4n) is 0.930. The van der Waals surface area contributed by atoms with Gasteiger partial charge in [-0.25, -0.2) is 0 Å². The predicted octanol–water partition coefficient (Wildman–Crippen LogP) is -0.336. The van der Waals surface area contributed by atoms with Crippen molar-refractivity contribution < 1.29 is 5.21 Å². The lowest BCUT2D eigenvalue weighted by molar-refractivity contribution is 0.317. The zero-order valence-corrected chi connectivity index (χ0v) is 8.45. The molecule has 0 saturated heterocycles. The lowest BCUT2D eigenvalue weighted by Crippen LogP contribution is -2.29. The first-order valence-electron chi connectivity index (χ1n) is 4.48. The highest BCUT2D eigenvalue weighted by molar-refractivity contribution is 5.81. The summed E-state index contributed by atoms with van der Waals surface area (Å²) in [7, 11) is 4.12. The third-order valence-electron chi connectivity index (χ3n) is 1.64. The number of amidine groups is 1. The number of unbranched alkanes of at least 4 members (excludes halogenated alkanes) is 1. The second-order valence-electron chi connectivity index (χ2n) is 3.28. The molecule has 0 aliphatic carbocycles. The molecule has 0 unspecified atom stereocenters. The number of oxime groups is 1. The molecule has 0 aromatic heterocycles. The van der Waals surface area contributed by atoms with E-state index in [1.54, 1.807) is 0 Å². The molecule has 0 aromatic carbocycles. The first-order valence-corrected chi connectivity index (χ1v) is 4.48. The van der Waals surface area contributed by atoms with Crippen molar-refractivity contribution in [3.63, 3.8) is 0 Å². The van der Waals surface area contributed by atoms with Gasteiger partial charge < -0.3 is 21.2 Å². The van der Waals surface area contributed by atoms with Crippen molar-refractivity contribution in [2.24, 2.45) is 10.9 Å². The van der Waals surface area contributed by atoms with Gasteiger partial charge in [0, 0.05) is 0 Å². The summed E-state index contributed by atoms with van der Waals surface area (Å²) in [5.74, 6) is 0.229. The van der Waals surface area contributed by atoms with Gasteiger partial charge in [0.25, 0.3) is 0 Å². The third-order valence-corrected chi connectivity index (χ3v) is 1.64. The molecule has 0 amide bonds. The van der Waals surface area contributed by atoms with Crippen molar-refractivity contribution in [2.45, 2.75) is 12.8 Å². The Morgan fingerprint density at radius 1 is 1.46 bits per heavy atom. The standard InChI is InChI=1S/C8H20N4O/c1-12(2)6-4-3-5-10-7-8(9)11-13/h10,13H,3-7H2,1-2H3,(H2,9,11). The number of rotatable bonds is 7. The molecule has 13 heavy (non-hydrogen) atoms. The Bertz CT molecular complexity index is 147. The van der Waals surface area contributed by atoms with Gasteiger partial charge in [-0.15, -0.1) is 0 Å². The molecule has 0 aliphatic rings. The zero-order chi connectivity index (χ0) is 10.1. The predicted molar refractivity (Wildman–Crippen MR) is 54.1 cm³/mol. The van der Waals surface area contributed by atoms with Gasteiger partial charge >= 0.3 is 0 Å². The summed E-state index contributed by atoms with van der Waals surface area (Å²) in [5.41, 5.74) is 5.27. The van der Waals surface area contributed by atoms with Crippen LogP contribution in [-0.4, -0.2) is 49.7 Å². The Morgan fingerprint density at radius 3 is 2.69 bits per heavy atom. The second kappa shape index (κ2) is 7.82. The summed E-state index contributed by atoms with van der Waals surface area (Å²) in [6.45, 7) is 2.47. The van der Waals surface area contributed by atoms with Crippen LogP contribution in [0.1, 0.15) is 12.8 Å². The van der Waals surface area contributed by atoms with Crippen molar-refractivity contribution in [1.82, 2.24) is 10.2 Å². The molecule has 0 saturated carbocycles. The molecule has 0 heterocycles. The summed E-state index contributed by atoms with van der Waals surface area (Å²) < 4.78 is 0. The van der Waals surface area contributed by atoms with E-state index in [-0.39, 0.29) is 5.84 Å². The van der Waals surface area contributed by atoms with E-state index in [0.717, 1.165) is 25.9 Å². The fraction of sp³-hybridized carbons (Fsp3) is 0.875. The Kier molecular flexibility index (Phi) is 7.33. The minimum absolute atomic E-state index is 0.229. The van der Waals surface area contributed by atoms with Crippen molar-refractivity contribution in [2.75, 3.05) is 33.7 Å². The molecule has 78 valence electrons. The maximum absolute atomic E-state index is 8.23. The highest BCUT2D eigenvalue weighted by Crippen LogP contribution is 1.88. The number of nitrogens with two attached hydrogens (primary N) is 1. The van der Waals surface area contributed by atoms with E-state index < -0.39 is 0 Å². The van der Waals surface area contributed by atoms with Crippen molar-refractivity contribution in [3.05, 3.63) is 0 Å². The van der Waals surface area contributed by atoms with Crippen LogP contribution in [0.15, 0.2) is 5.16 Å². The normalized spacial score (nSPS) is 12.4. The van der Waals surface area contributed by atoms with Gasteiger partial charge in [-0.05, 0) is 40.0 Å². The lowest BCUT2D eigenvalue weighted by atomic mass is 10.3. The molecule has 0 aliphatic heterocycles. The monoisotopic (exact) mass is 188 g/mol. The van der Waals surface area contributed by atoms with Crippen LogP contribution in [-0.2, 0) is 0 Å². The van der Waals surface area contributed by atoms with Crippen molar-refractivity contribution in [3.8, 4) is 0 Å². The minimum atomic E-state index is 0.229. The minimum Gasteiger partial charge on any atom is -0.409 e. The largest absolute Gasteiger partial charge is 0.409 e. The Labute approximate surface area is 79.6 Å². The van der Waals surface area contributed by atoms with Crippen LogP contribution in [0.4, 0.5) is 0 Å². The van der Waals surface area contributed by atoms with E-state index in [1.165, 1.54) is 0 Å². The molecule has 0 rings (SSSR count). The van der Waals surface area contributed by atoms with Crippen molar-refractivity contribution >= 4 is 5.84 Å². The van der Waals surface area contributed by atoms with Crippen LogP contribution in [0.5, 0.6) is 0 Å². The quantitative estimate of drug-likeness (QED) is 0.168. The Morgan fingerprint density at radius 2 is 2.15 bits per heavy atom. The number of nitrogens with zero attached hydrogens (tertiary/aromatic N) is 2. The summed E-state index contributed by atoms with van der Waals surface area (Å²) in [6.07, 6.45) is 2.27. The average Bonchev–Trinajstić information content (AvgIpc) is 2.10. The molecular formula is C8H20N4O. The summed E-state index contributed by atoms with van der Waals surface area (Å²) in [6, 6.07) is 0. The van der Waals surface area contributed by atoms with Gasteiger partial charge in [0.1, 0.15) is 0 Å². The highest BCUT2D eigenvalue weighted by atomic mass is 16.4. The van der Waals surface area contributed by atoms with E-state index in [1.807, 2.05) is 0 Å². The van der Waals surface area contributed by atoms with E-state index in [4.69, 9.17) is 10.9 Å². The van der Waals surface area contributed by atoms with Crippen LogP contribution in [0.25, 0.3) is 0 Å². The van der Waals surface area contributed by atoms with Gasteiger partial charge in [-0.2, -0.15) is 0 Å². The van der Waals surface area contributed by atoms with Crippen LogP contribution < -0.4 is 11.1 Å². The molecular weight excluding hydrogens is 168 g/mol. The number of hydrogen-bond acceptors (Lipinski definition) is 4. The van der Waals surface area contributed by atoms with Crippen LogP contribution in [0.2, 0.25) is 0 Å². The first kappa shape index (κ1) is 12.2. The first-order chi connectivity index (χ1) is 6.16. The summed E-state index contributed by atoms with van der Waals surface area (Å²) in [5, 5.41) is 14.2. The van der Waals surface area contributed by atoms with E-state index in [9.17, 15) is 0 Å².